The second-order valence-corrected chi connectivity index (χ2v) is 4.69. The van der Waals surface area contributed by atoms with Gasteiger partial charge in [0.2, 0.25) is 0 Å². The van der Waals surface area contributed by atoms with Crippen molar-refractivity contribution in [3.05, 3.63) is 0 Å². The van der Waals surface area contributed by atoms with Gasteiger partial charge in [-0.15, -0.1) is 0 Å². The molecule has 4 nitrogen and oxygen atoms in total. The number of hydrogen-bond acceptors (Lipinski definition) is 4. The van der Waals surface area contributed by atoms with E-state index in [1.165, 1.54) is 7.11 Å². The molecule has 0 bridgehead atoms. The van der Waals surface area contributed by atoms with E-state index in [-0.39, 0.29) is 11.2 Å². The first-order valence-corrected chi connectivity index (χ1v) is 5.28. The molecule has 0 saturated carbocycles. The monoisotopic (exact) mass is 218 g/mol. The lowest BCUT2D eigenvalue weighted by atomic mass is 9.88. The maximum absolute atomic E-state index is 11.5. The Bertz CT molecular complexity index is 180. The second kappa shape index (κ2) is 6.93. The van der Waals surface area contributed by atoms with Crippen molar-refractivity contribution in [1.82, 2.24) is 0 Å². The Morgan fingerprint density at radius 3 is 2.33 bits per heavy atom. The molecule has 0 aliphatic heterocycles. The number of carbonyl (C=O) groups excluding carboxylic acids is 1. The topological polar surface area (TPSA) is 55.8 Å². The summed E-state index contributed by atoms with van der Waals surface area (Å²) >= 11 is 0. The van der Waals surface area contributed by atoms with Gasteiger partial charge in [0, 0.05) is 25.4 Å². The number of hydrogen-bond donors (Lipinski definition) is 1. The van der Waals surface area contributed by atoms with E-state index in [4.69, 9.17) is 9.99 Å². The van der Waals surface area contributed by atoms with Gasteiger partial charge in [-0.3, -0.25) is 4.79 Å². The summed E-state index contributed by atoms with van der Waals surface area (Å²) < 4.78 is 4.82. The molecule has 1 N–H and O–H groups in total. The molecule has 0 aliphatic carbocycles. The van der Waals surface area contributed by atoms with Crippen molar-refractivity contribution in [2.75, 3.05) is 7.11 Å². The van der Waals surface area contributed by atoms with Crippen LogP contribution in [0, 0.1) is 5.41 Å². The van der Waals surface area contributed by atoms with Gasteiger partial charge in [-0.1, -0.05) is 20.8 Å². The van der Waals surface area contributed by atoms with Crippen LogP contribution in [0.25, 0.3) is 0 Å². The summed E-state index contributed by atoms with van der Waals surface area (Å²) in [5.74, 6) is 0.265. The van der Waals surface area contributed by atoms with Crippen molar-refractivity contribution in [1.29, 1.82) is 0 Å². The van der Waals surface area contributed by atoms with Gasteiger partial charge in [0.25, 0.3) is 0 Å². The lowest BCUT2D eigenvalue weighted by Gasteiger charge is -2.16. The molecule has 0 rings (SSSR count). The molecule has 0 saturated heterocycles. The van der Waals surface area contributed by atoms with E-state index >= 15 is 0 Å². The summed E-state index contributed by atoms with van der Waals surface area (Å²) in [7, 11) is 1.47. The average molecular weight is 218 g/mol. The van der Waals surface area contributed by atoms with Crippen LogP contribution in [0.1, 0.15) is 46.5 Å². The molecule has 0 fully saturated rings. The molecule has 90 valence electrons. The average Bonchev–Trinajstić information content (AvgIpc) is 2.16. The molecule has 0 aliphatic rings. The predicted octanol–water partition coefficient (Wildman–Crippen LogP) is 2.62. The van der Waals surface area contributed by atoms with Crippen LogP contribution in [0.5, 0.6) is 0 Å². The highest BCUT2D eigenvalue weighted by Gasteiger charge is 2.20. The van der Waals surface area contributed by atoms with Crippen molar-refractivity contribution in [3.63, 3.8) is 0 Å². The van der Waals surface area contributed by atoms with Crippen LogP contribution in [-0.4, -0.2) is 24.4 Å². The van der Waals surface area contributed by atoms with Crippen molar-refractivity contribution >= 4 is 5.78 Å². The number of unbranched alkanes of at least 4 members (excludes halogenated alkanes) is 1. The van der Waals surface area contributed by atoms with Crippen molar-refractivity contribution < 1.29 is 19.7 Å². The van der Waals surface area contributed by atoms with Gasteiger partial charge in [-0.25, -0.2) is 10.1 Å². The van der Waals surface area contributed by atoms with E-state index in [0.29, 0.717) is 12.8 Å². The van der Waals surface area contributed by atoms with E-state index in [1.807, 2.05) is 20.8 Å². The van der Waals surface area contributed by atoms with E-state index in [2.05, 4.69) is 4.89 Å². The lowest BCUT2D eigenvalue weighted by Crippen LogP contribution is -2.20. The van der Waals surface area contributed by atoms with Crippen LogP contribution in [0.3, 0.4) is 0 Å². The van der Waals surface area contributed by atoms with Crippen molar-refractivity contribution in [3.8, 4) is 0 Å². The van der Waals surface area contributed by atoms with Crippen LogP contribution in [-0.2, 0) is 14.4 Å². The smallest absolute Gasteiger partial charge is 0.190 e. The SMILES string of the molecule is COC(CCCCC(=O)C(C)(C)C)OO. The van der Waals surface area contributed by atoms with Crippen LogP contribution >= 0.6 is 0 Å². The van der Waals surface area contributed by atoms with Gasteiger partial charge in [0.15, 0.2) is 6.29 Å². The highest BCUT2D eigenvalue weighted by atomic mass is 17.1. The van der Waals surface area contributed by atoms with E-state index < -0.39 is 6.29 Å². The Hall–Kier alpha value is -0.450. The number of Topliss-reactive ketones (excluding diaryl/α,β-unsaturated/α-hetero) is 1. The van der Waals surface area contributed by atoms with Gasteiger partial charge in [0.1, 0.15) is 5.78 Å². The number of ether oxygens (including phenoxy) is 1. The minimum atomic E-state index is -0.574. The predicted molar refractivity (Wildman–Crippen MR) is 57.4 cm³/mol. The molecule has 0 radical (unpaired) electrons. The zero-order chi connectivity index (χ0) is 11.9. The minimum Gasteiger partial charge on any atom is -0.353 e. The Labute approximate surface area is 91.5 Å². The Morgan fingerprint density at radius 1 is 1.33 bits per heavy atom. The standard InChI is InChI=1S/C11H22O4/c1-11(2,3)9(12)7-5-6-8-10(14-4)15-13/h10,13H,5-8H2,1-4H3. The molecule has 0 aromatic heterocycles. The Morgan fingerprint density at radius 2 is 1.93 bits per heavy atom. The first kappa shape index (κ1) is 14.6. The van der Waals surface area contributed by atoms with Gasteiger partial charge >= 0.3 is 0 Å². The Balaban J connectivity index is 3.59. The third kappa shape index (κ3) is 6.60. The summed E-state index contributed by atoms with van der Waals surface area (Å²) in [4.78, 5) is 15.6. The number of rotatable bonds is 7. The third-order valence-corrected chi connectivity index (χ3v) is 2.31. The zero-order valence-electron chi connectivity index (χ0n) is 10.1. The quantitative estimate of drug-likeness (QED) is 0.309. The van der Waals surface area contributed by atoms with Gasteiger partial charge in [-0.05, 0) is 12.8 Å². The molecule has 0 heterocycles. The molecular formula is C11H22O4. The molecule has 15 heavy (non-hydrogen) atoms. The van der Waals surface area contributed by atoms with Gasteiger partial charge in [-0.2, -0.15) is 0 Å². The summed E-state index contributed by atoms with van der Waals surface area (Å²) in [5, 5.41) is 8.37. The van der Waals surface area contributed by atoms with E-state index in [9.17, 15) is 4.79 Å². The molecule has 0 aromatic rings. The fourth-order valence-corrected chi connectivity index (χ4v) is 1.19. The molecule has 1 atom stereocenters. The third-order valence-electron chi connectivity index (χ3n) is 2.31. The van der Waals surface area contributed by atoms with Crippen LogP contribution in [0.4, 0.5) is 0 Å². The largest absolute Gasteiger partial charge is 0.353 e. The van der Waals surface area contributed by atoms with Crippen LogP contribution < -0.4 is 0 Å². The first-order chi connectivity index (χ1) is 6.91. The summed E-state index contributed by atoms with van der Waals surface area (Å²) in [6, 6.07) is 0. The molecule has 0 aromatic carbocycles. The maximum Gasteiger partial charge on any atom is 0.190 e. The highest BCUT2D eigenvalue weighted by molar-refractivity contribution is 5.83. The number of carbonyl (C=O) groups is 1. The normalized spacial score (nSPS) is 13.9. The first-order valence-electron chi connectivity index (χ1n) is 5.28. The number of methoxy groups -OCH3 is 1. The fourth-order valence-electron chi connectivity index (χ4n) is 1.19. The second-order valence-electron chi connectivity index (χ2n) is 4.69. The summed E-state index contributed by atoms with van der Waals surface area (Å²) in [5.41, 5.74) is -0.256. The number of ketones is 1. The van der Waals surface area contributed by atoms with E-state index in [0.717, 1.165) is 12.8 Å². The molecular weight excluding hydrogens is 196 g/mol. The van der Waals surface area contributed by atoms with Crippen LogP contribution in [0.2, 0.25) is 0 Å². The van der Waals surface area contributed by atoms with E-state index in [1.54, 1.807) is 0 Å². The van der Waals surface area contributed by atoms with Gasteiger partial charge < -0.3 is 4.74 Å². The van der Waals surface area contributed by atoms with Crippen molar-refractivity contribution in [2.24, 2.45) is 5.41 Å². The fraction of sp³-hybridized carbons (Fsp3) is 0.909. The van der Waals surface area contributed by atoms with Crippen molar-refractivity contribution in [2.45, 2.75) is 52.7 Å². The molecule has 1 unspecified atom stereocenters. The molecule has 0 spiro atoms. The summed E-state index contributed by atoms with van der Waals surface area (Å²) in [6.07, 6.45) is 2.21. The zero-order valence-corrected chi connectivity index (χ0v) is 10.1. The molecule has 0 amide bonds. The van der Waals surface area contributed by atoms with Crippen LogP contribution in [0.15, 0.2) is 0 Å². The minimum absolute atomic E-state index is 0.256. The van der Waals surface area contributed by atoms with Gasteiger partial charge in [0.05, 0.1) is 0 Å². The highest BCUT2D eigenvalue weighted by Crippen LogP contribution is 2.19. The Kier molecular flexibility index (Phi) is 6.72. The lowest BCUT2D eigenvalue weighted by molar-refractivity contribution is -0.341. The summed E-state index contributed by atoms with van der Waals surface area (Å²) in [6.45, 7) is 5.76. The maximum atomic E-state index is 11.5. The molecule has 4 heteroatoms.